The maximum absolute atomic E-state index is 11.4. The van der Waals surface area contributed by atoms with Crippen molar-refractivity contribution < 1.29 is 9.90 Å². The van der Waals surface area contributed by atoms with Crippen LogP contribution in [0.1, 0.15) is 56.9 Å². The van der Waals surface area contributed by atoms with Gasteiger partial charge in [0, 0.05) is 29.9 Å². The summed E-state index contributed by atoms with van der Waals surface area (Å²) in [5, 5.41) is 9.31. The zero-order valence-corrected chi connectivity index (χ0v) is 20.8. The van der Waals surface area contributed by atoms with Gasteiger partial charge in [-0.3, -0.25) is 0 Å². The summed E-state index contributed by atoms with van der Waals surface area (Å²) in [4.78, 5) is 21.8. The monoisotopic (exact) mass is 477 g/mol. The second-order valence-corrected chi connectivity index (χ2v) is 9.68. The fourth-order valence-electron chi connectivity index (χ4n) is 5.25. The summed E-state index contributed by atoms with van der Waals surface area (Å²) in [5.74, 6) is 0.352. The third-order valence-corrected chi connectivity index (χ3v) is 7.39. The van der Waals surface area contributed by atoms with Crippen molar-refractivity contribution in [2.75, 3.05) is 13.1 Å². The smallest absolute Gasteiger partial charge is 0.335 e. The topological polar surface area (TPSA) is 69.2 Å². The molecule has 0 spiro atoms. The number of hydrogen-bond donors (Lipinski definition) is 2. The van der Waals surface area contributed by atoms with Crippen molar-refractivity contribution in [3.63, 3.8) is 0 Å². The van der Waals surface area contributed by atoms with Gasteiger partial charge < -0.3 is 15.0 Å². The van der Waals surface area contributed by atoms with Gasteiger partial charge in [0.2, 0.25) is 0 Å². The molecule has 0 radical (unpaired) electrons. The van der Waals surface area contributed by atoms with Gasteiger partial charge in [-0.05, 0) is 79.1 Å². The number of rotatable bonds is 6. The number of nitrogens with one attached hydrogen (secondary N) is 1. The predicted octanol–water partition coefficient (Wildman–Crippen LogP) is 7.04. The standard InChI is InChI=1S/C31H31N3O2/c1-5-22-6-8-23(9-7-22)24-12-14-34(15-13-24)21(4)26-18-27(20(3)16-19(26)2)30-32-28-11-10-25(31(35)36)17-29(28)33-30/h5-11,16-18,24H,1,4,12-15H2,2-3H3,(H,32,33)(H,35,36). The Labute approximate surface area is 211 Å². The van der Waals surface area contributed by atoms with Crippen molar-refractivity contribution in [2.24, 2.45) is 0 Å². The molecular weight excluding hydrogens is 446 g/mol. The number of aryl methyl sites for hydroxylation is 2. The Morgan fingerprint density at radius 1 is 1.06 bits per heavy atom. The average Bonchev–Trinajstić information content (AvgIpc) is 3.31. The highest BCUT2D eigenvalue weighted by Gasteiger charge is 2.23. The second kappa shape index (κ2) is 9.50. The van der Waals surface area contributed by atoms with E-state index in [2.05, 4.69) is 73.3 Å². The Kier molecular flexibility index (Phi) is 6.23. The highest BCUT2D eigenvalue weighted by atomic mass is 16.4. The lowest BCUT2D eigenvalue weighted by Crippen LogP contribution is -2.31. The summed E-state index contributed by atoms with van der Waals surface area (Å²) in [6, 6.07) is 18.1. The number of likely N-dealkylation sites (tertiary alicyclic amines) is 1. The number of piperidine rings is 1. The van der Waals surface area contributed by atoms with Crippen LogP contribution in [-0.2, 0) is 0 Å². The molecule has 5 nitrogen and oxygen atoms in total. The Morgan fingerprint density at radius 2 is 1.78 bits per heavy atom. The van der Waals surface area contributed by atoms with Crippen LogP contribution in [0.5, 0.6) is 0 Å². The molecule has 182 valence electrons. The van der Waals surface area contributed by atoms with Crippen LogP contribution in [0, 0.1) is 13.8 Å². The number of H-pyrrole nitrogens is 1. The van der Waals surface area contributed by atoms with E-state index < -0.39 is 5.97 Å². The SMILES string of the molecule is C=Cc1ccc(C2CCN(C(=C)c3cc(-c4nc5ccc(C(=O)O)cc5[nH]4)c(C)cc3C)CC2)cc1. The molecular formula is C31H31N3O2. The molecule has 0 bridgehead atoms. The van der Waals surface area contributed by atoms with Crippen LogP contribution >= 0.6 is 0 Å². The van der Waals surface area contributed by atoms with Gasteiger partial charge in [-0.25, -0.2) is 9.78 Å². The number of carboxylic acid groups (broad SMARTS) is 1. The van der Waals surface area contributed by atoms with Crippen LogP contribution in [0.2, 0.25) is 0 Å². The van der Waals surface area contributed by atoms with Crippen LogP contribution < -0.4 is 0 Å². The summed E-state index contributed by atoms with van der Waals surface area (Å²) >= 11 is 0. The molecule has 4 aromatic rings. The van der Waals surface area contributed by atoms with Crippen LogP contribution in [0.4, 0.5) is 0 Å². The highest BCUT2D eigenvalue weighted by Crippen LogP contribution is 2.35. The number of imidazole rings is 1. The molecule has 1 aliphatic heterocycles. The molecule has 1 fully saturated rings. The van der Waals surface area contributed by atoms with Gasteiger partial charge in [0.1, 0.15) is 5.82 Å². The Morgan fingerprint density at radius 3 is 2.44 bits per heavy atom. The number of aromatic carboxylic acids is 1. The van der Waals surface area contributed by atoms with E-state index in [1.807, 2.05) is 6.08 Å². The number of carbonyl (C=O) groups is 1. The van der Waals surface area contributed by atoms with Gasteiger partial charge in [-0.2, -0.15) is 0 Å². The molecule has 1 saturated heterocycles. The molecule has 0 aliphatic carbocycles. The zero-order valence-electron chi connectivity index (χ0n) is 20.8. The molecule has 5 heteroatoms. The molecule has 0 atom stereocenters. The van der Waals surface area contributed by atoms with Crippen LogP contribution in [0.25, 0.3) is 34.2 Å². The number of carboxylic acids is 1. The first kappa shape index (κ1) is 23.6. The Hall–Kier alpha value is -4.12. The molecule has 2 heterocycles. The molecule has 3 aromatic carbocycles. The minimum atomic E-state index is -0.948. The number of hydrogen-bond acceptors (Lipinski definition) is 3. The predicted molar refractivity (Wildman–Crippen MR) is 147 cm³/mol. The third kappa shape index (κ3) is 4.44. The summed E-state index contributed by atoms with van der Waals surface area (Å²) in [7, 11) is 0. The molecule has 36 heavy (non-hydrogen) atoms. The van der Waals surface area contributed by atoms with Gasteiger partial charge in [0.15, 0.2) is 0 Å². The minimum absolute atomic E-state index is 0.243. The number of fused-ring (bicyclic) bond motifs is 1. The number of aromatic nitrogens is 2. The first-order chi connectivity index (χ1) is 17.3. The van der Waals surface area contributed by atoms with Crippen molar-refractivity contribution in [3.05, 3.63) is 101 Å². The molecule has 0 unspecified atom stereocenters. The van der Waals surface area contributed by atoms with E-state index in [-0.39, 0.29) is 5.56 Å². The molecule has 5 rings (SSSR count). The van der Waals surface area contributed by atoms with Crippen LogP contribution in [0.3, 0.4) is 0 Å². The molecule has 1 aromatic heterocycles. The molecule has 0 amide bonds. The van der Waals surface area contributed by atoms with E-state index >= 15 is 0 Å². The van der Waals surface area contributed by atoms with Crippen molar-refractivity contribution in [1.29, 1.82) is 0 Å². The quantitative estimate of drug-likeness (QED) is 0.313. The number of benzene rings is 3. The summed E-state index contributed by atoms with van der Waals surface area (Å²) < 4.78 is 0. The lowest BCUT2D eigenvalue weighted by molar-refractivity contribution is 0.0697. The van der Waals surface area contributed by atoms with Gasteiger partial charge in [-0.15, -0.1) is 0 Å². The lowest BCUT2D eigenvalue weighted by Gasteiger charge is -2.35. The first-order valence-corrected chi connectivity index (χ1v) is 12.4. The van der Waals surface area contributed by atoms with Crippen LogP contribution in [0.15, 0.2) is 67.8 Å². The van der Waals surface area contributed by atoms with E-state index in [1.54, 1.807) is 18.2 Å². The molecule has 2 N–H and O–H groups in total. The Bertz CT molecular complexity index is 1470. The average molecular weight is 478 g/mol. The Balaban J connectivity index is 1.37. The maximum atomic E-state index is 11.4. The first-order valence-electron chi connectivity index (χ1n) is 12.4. The van der Waals surface area contributed by atoms with E-state index in [1.165, 1.54) is 11.1 Å². The van der Waals surface area contributed by atoms with Gasteiger partial charge >= 0.3 is 5.97 Å². The van der Waals surface area contributed by atoms with Crippen molar-refractivity contribution in [2.45, 2.75) is 32.6 Å². The van der Waals surface area contributed by atoms with Crippen LogP contribution in [-0.4, -0.2) is 39.0 Å². The summed E-state index contributed by atoms with van der Waals surface area (Å²) in [6.45, 7) is 14.5. The summed E-state index contributed by atoms with van der Waals surface area (Å²) in [6.07, 6.45) is 4.08. The zero-order chi connectivity index (χ0) is 25.4. The van der Waals surface area contributed by atoms with Crippen molar-refractivity contribution in [3.8, 4) is 11.4 Å². The van der Waals surface area contributed by atoms with E-state index in [4.69, 9.17) is 4.98 Å². The highest BCUT2D eigenvalue weighted by molar-refractivity contribution is 5.93. The number of aromatic amines is 1. The lowest BCUT2D eigenvalue weighted by atomic mass is 9.88. The van der Waals surface area contributed by atoms with E-state index in [9.17, 15) is 9.90 Å². The maximum Gasteiger partial charge on any atom is 0.335 e. The molecule has 0 saturated carbocycles. The van der Waals surface area contributed by atoms with Crippen molar-refractivity contribution >= 4 is 28.8 Å². The normalized spacial score (nSPS) is 14.2. The summed E-state index contributed by atoms with van der Waals surface area (Å²) in [5.41, 5.74) is 9.73. The largest absolute Gasteiger partial charge is 0.478 e. The van der Waals surface area contributed by atoms with Gasteiger partial charge in [0.05, 0.1) is 16.6 Å². The fraction of sp³-hybridized carbons (Fsp3) is 0.226. The third-order valence-electron chi connectivity index (χ3n) is 7.39. The van der Waals surface area contributed by atoms with Gasteiger partial charge in [-0.1, -0.05) is 49.6 Å². The van der Waals surface area contributed by atoms with E-state index in [0.717, 1.165) is 65.2 Å². The number of nitrogens with zero attached hydrogens (tertiary/aromatic N) is 2. The second-order valence-electron chi connectivity index (χ2n) is 9.68. The van der Waals surface area contributed by atoms with Gasteiger partial charge in [0.25, 0.3) is 0 Å². The fourth-order valence-corrected chi connectivity index (χ4v) is 5.25. The van der Waals surface area contributed by atoms with E-state index in [0.29, 0.717) is 11.4 Å². The molecule has 1 aliphatic rings. The van der Waals surface area contributed by atoms with Crippen molar-refractivity contribution in [1.82, 2.24) is 14.9 Å². The minimum Gasteiger partial charge on any atom is -0.478 e.